The van der Waals surface area contributed by atoms with Gasteiger partial charge in [0.25, 0.3) is 0 Å². The lowest BCUT2D eigenvalue weighted by molar-refractivity contribution is -0.136. The second-order valence-electron chi connectivity index (χ2n) is 3.90. The van der Waals surface area contributed by atoms with Gasteiger partial charge in [0.2, 0.25) is 0 Å². The summed E-state index contributed by atoms with van der Waals surface area (Å²) in [5.74, 6) is -1.05. The van der Waals surface area contributed by atoms with E-state index in [4.69, 9.17) is 4.74 Å². The van der Waals surface area contributed by atoms with Gasteiger partial charge in [-0.1, -0.05) is 12.1 Å². The summed E-state index contributed by atoms with van der Waals surface area (Å²) in [5, 5.41) is 8.06. The highest BCUT2D eigenvalue weighted by molar-refractivity contribution is 7.11. The molecule has 0 aliphatic carbocycles. The van der Waals surface area contributed by atoms with Crippen LogP contribution in [0, 0.1) is 0 Å². The van der Waals surface area contributed by atoms with Crippen LogP contribution in [0.15, 0.2) is 46.9 Å². The van der Waals surface area contributed by atoms with Gasteiger partial charge in [-0.05, 0) is 23.6 Å². The lowest BCUT2D eigenvalue weighted by Gasteiger charge is -2.05. The van der Waals surface area contributed by atoms with E-state index in [1.165, 1.54) is 24.7 Å². The quantitative estimate of drug-likeness (QED) is 0.514. The molecule has 0 fully saturated rings. The maximum Gasteiger partial charge on any atom is 0.329 e. The number of hydrogen-bond acceptors (Lipinski definition) is 5. The smallest absolute Gasteiger partial charge is 0.329 e. The summed E-state index contributed by atoms with van der Waals surface area (Å²) in [6.07, 6.45) is 1.47. The Hall–Kier alpha value is -2.67. The van der Waals surface area contributed by atoms with Crippen LogP contribution in [0.3, 0.4) is 0 Å². The summed E-state index contributed by atoms with van der Waals surface area (Å²) in [6.45, 7) is 0. The van der Waals surface area contributed by atoms with Crippen molar-refractivity contribution in [3.05, 3.63) is 46.7 Å². The molecule has 0 saturated carbocycles. The molecule has 0 atom stereocenters. The van der Waals surface area contributed by atoms with Gasteiger partial charge in [0.1, 0.15) is 5.75 Å². The first kappa shape index (κ1) is 14.7. The Morgan fingerprint density at radius 3 is 2.81 bits per heavy atom. The van der Waals surface area contributed by atoms with E-state index in [1.807, 2.05) is 17.5 Å². The SMILES string of the molecule is COc1cccc(NC(=O)C(=O)N/N=C/c2cccs2)c1. The number of nitrogens with zero attached hydrogens (tertiary/aromatic N) is 1. The number of carbonyl (C=O) groups excluding carboxylic acids is 2. The third kappa shape index (κ3) is 4.43. The van der Waals surface area contributed by atoms with E-state index < -0.39 is 11.8 Å². The lowest BCUT2D eigenvalue weighted by Crippen LogP contribution is -2.32. The number of amides is 2. The van der Waals surface area contributed by atoms with Crippen molar-refractivity contribution in [3.8, 4) is 5.75 Å². The van der Waals surface area contributed by atoms with Crippen molar-refractivity contribution in [1.82, 2.24) is 5.43 Å². The number of ether oxygens (including phenoxy) is 1. The average Bonchev–Trinajstić information content (AvgIpc) is 3.00. The number of methoxy groups -OCH3 is 1. The molecule has 2 rings (SSSR count). The van der Waals surface area contributed by atoms with Crippen molar-refractivity contribution in [2.24, 2.45) is 5.10 Å². The topological polar surface area (TPSA) is 79.8 Å². The first-order chi connectivity index (χ1) is 10.2. The van der Waals surface area contributed by atoms with Gasteiger partial charge < -0.3 is 10.1 Å². The van der Waals surface area contributed by atoms with Gasteiger partial charge in [-0.25, -0.2) is 5.43 Å². The zero-order valence-corrected chi connectivity index (χ0v) is 12.0. The van der Waals surface area contributed by atoms with Gasteiger partial charge in [-0.2, -0.15) is 5.10 Å². The Bertz CT molecular complexity index is 653. The van der Waals surface area contributed by atoms with Gasteiger partial charge in [0, 0.05) is 16.6 Å². The maximum absolute atomic E-state index is 11.7. The molecule has 7 heteroatoms. The Morgan fingerprint density at radius 1 is 1.24 bits per heavy atom. The molecule has 108 valence electrons. The second kappa shape index (κ2) is 7.20. The van der Waals surface area contributed by atoms with E-state index in [0.717, 1.165) is 4.88 Å². The number of benzene rings is 1. The van der Waals surface area contributed by atoms with E-state index in [0.29, 0.717) is 11.4 Å². The summed E-state index contributed by atoms with van der Waals surface area (Å²) in [6, 6.07) is 10.4. The standard InChI is InChI=1S/C14H13N3O3S/c1-20-11-5-2-4-10(8-11)16-13(18)14(19)17-15-9-12-6-3-7-21-12/h2-9H,1H3,(H,16,18)(H,17,19)/b15-9+. The molecule has 0 aliphatic heterocycles. The van der Waals surface area contributed by atoms with E-state index in [9.17, 15) is 9.59 Å². The highest BCUT2D eigenvalue weighted by atomic mass is 32.1. The summed E-state index contributed by atoms with van der Waals surface area (Å²) in [4.78, 5) is 24.1. The third-order valence-corrected chi connectivity index (χ3v) is 3.24. The molecule has 0 saturated heterocycles. The zero-order chi connectivity index (χ0) is 15.1. The zero-order valence-electron chi connectivity index (χ0n) is 11.2. The average molecular weight is 303 g/mol. The number of carbonyl (C=O) groups is 2. The Morgan fingerprint density at radius 2 is 2.10 bits per heavy atom. The summed E-state index contributed by atoms with van der Waals surface area (Å²) in [5.41, 5.74) is 2.63. The largest absolute Gasteiger partial charge is 0.497 e. The molecular weight excluding hydrogens is 290 g/mol. The molecule has 6 nitrogen and oxygen atoms in total. The molecule has 1 aromatic heterocycles. The number of hydrazone groups is 1. The van der Waals surface area contributed by atoms with Crippen LogP contribution in [0.1, 0.15) is 4.88 Å². The van der Waals surface area contributed by atoms with Crippen molar-refractivity contribution >= 4 is 35.1 Å². The van der Waals surface area contributed by atoms with Crippen LogP contribution in [0.5, 0.6) is 5.75 Å². The second-order valence-corrected chi connectivity index (χ2v) is 4.88. The van der Waals surface area contributed by atoms with Crippen LogP contribution in [-0.2, 0) is 9.59 Å². The molecule has 0 bridgehead atoms. The van der Waals surface area contributed by atoms with Gasteiger partial charge >= 0.3 is 11.8 Å². The van der Waals surface area contributed by atoms with E-state index in [1.54, 1.807) is 24.3 Å². The maximum atomic E-state index is 11.7. The Kier molecular flexibility index (Phi) is 5.05. The van der Waals surface area contributed by atoms with Crippen LogP contribution in [0.25, 0.3) is 0 Å². The van der Waals surface area contributed by atoms with Crippen LogP contribution < -0.4 is 15.5 Å². The predicted molar refractivity (Wildman–Crippen MR) is 81.7 cm³/mol. The molecule has 21 heavy (non-hydrogen) atoms. The van der Waals surface area contributed by atoms with Gasteiger partial charge in [-0.3, -0.25) is 9.59 Å². The minimum atomic E-state index is -0.842. The molecule has 0 unspecified atom stereocenters. The molecule has 2 N–H and O–H groups in total. The third-order valence-electron chi connectivity index (χ3n) is 2.43. The first-order valence-corrected chi connectivity index (χ1v) is 6.89. The minimum absolute atomic E-state index is 0.469. The number of thiophene rings is 1. The normalized spacial score (nSPS) is 10.3. The highest BCUT2D eigenvalue weighted by Gasteiger charge is 2.12. The van der Waals surface area contributed by atoms with E-state index in [-0.39, 0.29) is 0 Å². The monoisotopic (exact) mass is 303 g/mol. The fourth-order valence-electron chi connectivity index (χ4n) is 1.46. The molecule has 0 aliphatic rings. The molecule has 1 heterocycles. The number of rotatable bonds is 4. The van der Waals surface area contributed by atoms with Crippen molar-refractivity contribution in [1.29, 1.82) is 0 Å². The summed E-state index contributed by atoms with van der Waals surface area (Å²) >= 11 is 1.47. The van der Waals surface area contributed by atoms with Gasteiger partial charge in [-0.15, -0.1) is 11.3 Å². The molecule has 2 amide bonds. The molecule has 1 aromatic carbocycles. The van der Waals surface area contributed by atoms with Crippen LogP contribution in [0.2, 0.25) is 0 Å². The first-order valence-electron chi connectivity index (χ1n) is 6.01. The fourth-order valence-corrected chi connectivity index (χ4v) is 2.04. The summed E-state index contributed by atoms with van der Waals surface area (Å²) in [7, 11) is 1.52. The van der Waals surface area contributed by atoms with E-state index >= 15 is 0 Å². The lowest BCUT2D eigenvalue weighted by atomic mass is 10.3. The Labute approximate surface area is 125 Å². The number of anilines is 1. The van der Waals surface area contributed by atoms with Crippen LogP contribution >= 0.6 is 11.3 Å². The molecule has 0 radical (unpaired) electrons. The van der Waals surface area contributed by atoms with Crippen molar-refractivity contribution in [3.63, 3.8) is 0 Å². The summed E-state index contributed by atoms with van der Waals surface area (Å²) < 4.78 is 5.03. The Balaban J connectivity index is 1.88. The van der Waals surface area contributed by atoms with Crippen molar-refractivity contribution in [2.75, 3.05) is 12.4 Å². The molecule has 2 aromatic rings. The van der Waals surface area contributed by atoms with Crippen molar-refractivity contribution in [2.45, 2.75) is 0 Å². The van der Waals surface area contributed by atoms with Gasteiger partial charge in [0.15, 0.2) is 0 Å². The van der Waals surface area contributed by atoms with Gasteiger partial charge in [0.05, 0.1) is 13.3 Å². The van der Waals surface area contributed by atoms with Crippen molar-refractivity contribution < 1.29 is 14.3 Å². The van der Waals surface area contributed by atoms with Crippen LogP contribution in [0.4, 0.5) is 5.69 Å². The number of nitrogens with one attached hydrogen (secondary N) is 2. The predicted octanol–water partition coefficient (Wildman–Crippen LogP) is 1.85. The van der Waals surface area contributed by atoms with Crippen LogP contribution in [-0.4, -0.2) is 25.1 Å². The van der Waals surface area contributed by atoms with E-state index in [2.05, 4.69) is 15.8 Å². The number of hydrogen-bond donors (Lipinski definition) is 2. The minimum Gasteiger partial charge on any atom is -0.497 e. The highest BCUT2D eigenvalue weighted by Crippen LogP contribution is 2.16. The molecule has 0 spiro atoms. The molecular formula is C14H13N3O3S. The fraction of sp³-hybridized carbons (Fsp3) is 0.0714.